The lowest BCUT2D eigenvalue weighted by atomic mass is 9.81. The molecule has 3 fully saturated rings. The van der Waals surface area contributed by atoms with Crippen molar-refractivity contribution >= 4 is 77.9 Å². The molecule has 2 aliphatic carbocycles. The molecule has 0 radical (unpaired) electrons. The molecule has 1 aromatic carbocycles. The summed E-state index contributed by atoms with van der Waals surface area (Å²) in [5.41, 5.74) is 0.655. The number of benzene rings is 1. The Kier molecular flexibility index (Phi) is 4.97. The molecule has 138 valence electrons. The fourth-order valence-corrected chi connectivity index (χ4v) is 6.88. The molecule has 3 amide bonds. The van der Waals surface area contributed by atoms with Crippen LogP contribution in [-0.2, 0) is 14.4 Å². The Hall–Kier alpha value is -0.480. The maximum absolute atomic E-state index is 13.0. The number of rotatable bonds is 3. The van der Waals surface area contributed by atoms with Crippen LogP contribution in [-0.4, -0.2) is 38.3 Å². The van der Waals surface area contributed by atoms with Gasteiger partial charge in [-0.05, 0) is 72.0 Å². The Bertz CT molecular complexity index is 755. The Morgan fingerprint density at radius 1 is 1.12 bits per heavy atom. The topological polar surface area (TPSA) is 66.5 Å². The van der Waals surface area contributed by atoms with Gasteiger partial charge in [0.25, 0.3) is 0 Å². The molecular weight excluding hydrogens is 579 g/mol. The van der Waals surface area contributed by atoms with E-state index in [9.17, 15) is 14.4 Å². The molecule has 1 N–H and O–H groups in total. The van der Waals surface area contributed by atoms with Crippen molar-refractivity contribution < 1.29 is 14.4 Å². The minimum Gasteiger partial charge on any atom is -0.324 e. The summed E-state index contributed by atoms with van der Waals surface area (Å²) >= 11 is 9.53. The van der Waals surface area contributed by atoms with Gasteiger partial charge in [-0.25, -0.2) is 0 Å². The number of hydrogen-bond donors (Lipinski definition) is 1. The van der Waals surface area contributed by atoms with Gasteiger partial charge in [-0.1, -0.05) is 31.9 Å². The number of hydrogen-bond acceptors (Lipinski definition) is 3. The molecule has 0 unspecified atom stereocenters. The Morgan fingerprint density at radius 3 is 2.12 bits per heavy atom. The molecule has 3 aliphatic rings. The number of halogens is 3. The number of fused-ring (bicyclic) bond motifs is 5. The quantitative estimate of drug-likeness (QED) is 0.331. The molecule has 7 atom stereocenters. The van der Waals surface area contributed by atoms with Gasteiger partial charge in [0, 0.05) is 18.9 Å². The number of imide groups is 1. The zero-order chi connectivity index (χ0) is 18.7. The molecule has 2 saturated carbocycles. The van der Waals surface area contributed by atoms with Crippen LogP contribution in [0.15, 0.2) is 24.3 Å². The summed E-state index contributed by atoms with van der Waals surface area (Å²) in [6.45, 7) is 1.62. The largest absolute Gasteiger partial charge is 0.324 e. The third-order valence-corrected chi connectivity index (χ3v) is 9.83. The van der Waals surface area contributed by atoms with Gasteiger partial charge >= 0.3 is 0 Å². The van der Waals surface area contributed by atoms with E-state index in [4.69, 9.17) is 0 Å². The van der Waals surface area contributed by atoms with Gasteiger partial charge in [0.2, 0.25) is 17.7 Å². The first kappa shape index (κ1) is 18.9. The Morgan fingerprint density at radius 2 is 1.62 bits per heavy atom. The predicted octanol–water partition coefficient (Wildman–Crippen LogP) is 3.40. The first-order chi connectivity index (χ1) is 12.3. The molecule has 1 saturated heterocycles. The van der Waals surface area contributed by atoms with Crippen LogP contribution in [0.5, 0.6) is 0 Å². The van der Waals surface area contributed by atoms with Crippen molar-refractivity contribution in [1.82, 2.24) is 4.90 Å². The molecule has 1 heterocycles. The van der Waals surface area contributed by atoms with Gasteiger partial charge in [-0.3, -0.25) is 19.3 Å². The lowest BCUT2D eigenvalue weighted by Crippen LogP contribution is -2.46. The minimum atomic E-state index is -0.818. The number of carbonyl (C=O) groups excluding carboxylic acids is 3. The average molecular weight is 596 g/mol. The summed E-state index contributed by atoms with van der Waals surface area (Å²) in [5, 5.41) is 2.80. The first-order valence-electron chi connectivity index (χ1n) is 8.52. The van der Waals surface area contributed by atoms with E-state index < -0.39 is 6.04 Å². The van der Waals surface area contributed by atoms with E-state index in [1.165, 1.54) is 4.90 Å². The third kappa shape index (κ3) is 2.78. The Labute approximate surface area is 182 Å². The van der Waals surface area contributed by atoms with E-state index in [1.807, 2.05) is 12.1 Å². The van der Waals surface area contributed by atoms with Gasteiger partial charge in [0.1, 0.15) is 6.04 Å². The van der Waals surface area contributed by atoms with Crippen LogP contribution in [0.1, 0.15) is 13.3 Å². The molecule has 26 heavy (non-hydrogen) atoms. The fourth-order valence-electron chi connectivity index (χ4n) is 4.65. The van der Waals surface area contributed by atoms with E-state index >= 15 is 0 Å². The molecule has 1 aliphatic heterocycles. The van der Waals surface area contributed by atoms with Crippen LogP contribution in [0.4, 0.5) is 5.69 Å². The van der Waals surface area contributed by atoms with Gasteiger partial charge in [-0.15, -0.1) is 0 Å². The van der Waals surface area contributed by atoms with E-state index in [2.05, 4.69) is 59.8 Å². The smallest absolute Gasteiger partial charge is 0.247 e. The van der Waals surface area contributed by atoms with Crippen LogP contribution in [0.2, 0.25) is 0 Å². The summed E-state index contributed by atoms with van der Waals surface area (Å²) in [6.07, 6.45) is 0.885. The fraction of sp³-hybridized carbons (Fsp3) is 0.500. The molecule has 4 rings (SSSR count). The van der Waals surface area contributed by atoms with Crippen molar-refractivity contribution in [3.63, 3.8) is 0 Å². The average Bonchev–Trinajstić information content (AvgIpc) is 3.21. The van der Waals surface area contributed by atoms with Crippen molar-refractivity contribution in [1.29, 1.82) is 0 Å². The highest BCUT2D eigenvalue weighted by atomic mass is 127. The summed E-state index contributed by atoms with van der Waals surface area (Å²) in [6, 6.07) is 6.57. The van der Waals surface area contributed by atoms with Gasteiger partial charge in [0.15, 0.2) is 0 Å². The third-order valence-electron chi connectivity index (χ3n) is 5.90. The molecule has 2 bridgehead atoms. The SMILES string of the molecule is C[C@@H](C(=O)Nc1ccc(I)cc1)N1C(=O)[C@@H]2[C@@H]3C[C@H]([C@H](Br)[C@@H]3Br)[C@@H]2C1=O. The summed E-state index contributed by atoms with van der Waals surface area (Å²) in [7, 11) is 0. The minimum absolute atomic E-state index is 0.155. The van der Waals surface area contributed by atoms with E-state index in [-0.39, 0.29) is 51.0 Å². The standard InChI is InChI=1S/C18H17Br2IN2O3/c1-7(16(24)22-9-4-2-8(21)3-5-9)23-17(25)12-10-6-11(13(12)18(23)26)15(20)14(10)19/h2-5,7,10-15H,6H2,1H3,(H,22,24)/t7-,10-,11-,12-,13+,14-,15+/m0/s1. The van der Waals surface area contributed by atoms with E-state index in [0.29, 0.717) is 5.69 Å². The van der Waals surface area contributed by atoms with Crippen molar-refractivity contribution in [2.75, 3.05) is 5.32 Å². The van der Waals surface area contributed by atoms with Crippen molar-refractivity contribution in [2.24, 2.45) is 23.7 Å². The second-order valence-electron chi connectivity index (χ2n) is 7.22. The molecule has 5 nitrogen and oxygen atoms in total. The second-order valence-corrected chi connectivity index (χ2v) is 10.6. The van der Waals surface area contributed by atoms with Crippen molar-refractivity contribution in [3.8, 4) is 0 Å². The number of anilines is 1. The Balaban J connectivity index is 1.53. The maximum Gasteiger partial charge on any atom is 0.247 e. The number of likely N-dealkylation sites (tertiary alicyclic amines) is 1. The number of alkyl halides is 2. The molecule has 1 aromatic rings. The normalized spacial score (nSPS) is 36.4. The number of nitrogens with zero attached hydrogens (tertiary/aromatic N) is 1. The van der Waals surface area contributed by atoms with E-state index in [0.717, 1.165) is 9.99 Å². The molecule has 0 aromatic heterocycles. The van der Waals surface area contributed by atoms with Crippen LogP contribution in [0, 0.1) is 27.2 Å². The number of amides is 3. The summed E-state index contributed by atoms with van der Waals surface area (Å²) in [5.74, 6) is -1.00. The van der Waals surface area contributed by atoms with Crippen molar-refractivity contribution in [2.45, 2.75) is 29.0 Å². The number of carbonyl (C=O) groups is 3. The zero-order valence-electron chi connectivity index (χ0n) is 13.9. The lowest BCUT2D eigenvalue weighted by Gasteiger charge is -2.28. The zero-order valence-corrected chi connectivity index (χ0v) is 19.2. The first-order valence-corrected chi connectivity index (χ1v) is 11.4. The highest BCUT2D eigenvalue weighted by molar-refractivity contribution is 14.1. The highest BCUT2D eigenvalue weighted by Gasteiger charge is 2.67. The van der Waals surface area contributed by atoms with Crippen LogP contribution >= 0.6 is 54.5 Å². The van der Waals surface area contributed by atoms with Crippen LogP contribution in [0.3, 0.4) is 0 Å². The van der Waals surface area contributed by atoms with Gasteiger partial charge in [0.05, 0.1) is 11.8 Å². The predicted molar refractivity (Wildman–Crippen MR) is 113 cm³/mol. The van der Waals surface area contributed by atoms with Crippen LogP contribution < -0.4 is 5.32 Å². The van der Waals surface area contributed by atoms with Crippen molar-refractivity contribution in [3.05, 3.63) is 27.8 Å². The maximum atomic E-state index is 13.0. The second kappa shape index (κ2) is 6.84. The van der Waals surface area contributed by atoms with E-state index in [1.54, 1.807) is 19.1 Å². The summed E-state index contributed by atoms with van der Waals surface area (Å²) < 4.78 is 1.07. The van der Waals surface area contributed by atoms with Gasteiger partial charge < -0.3 is 5.32 Å². The molecule has 0 spiro atoms. The summed E-state index contributed by atoms with van der Waals surface area (Å²) in [4.78, 5) is 40.2. The van der Waals surface area contributed by atoms with Gasteiger partial charge in [-0.2, -0.15) is 0 Å². The molecule has 8 heteroatoms. The molecular formula is C18H17Br2IN2O3. The van der Waals surface area contributed by atoms with Crippen LogP contribution in [0.25, 0.3) is 0 Å². The monoisotopic (exact) mass is 594 g/mol. The number of nitrogens with one attached hydrogen (secondary N) is 1. The lowest BCUT2D eigenvalue weighted by molar-refractivity contribution is -0.146. The highest BCUT2D eigenvalue weighted by Crippen LogP contribution is 2.60.